The number of halogens is 3. The second-order valence-corrected chi connectivity index (χ2v) is 13.7. The van der Waals surface area contributed by atoms with Crippen molar-refractivity contribution in [1.82, 2.24) is 14.9 Å². The molecule has 1 amide bonds. The van der Waals surface area contributed by atoms with Gasteiger partial charge in [-0.2, -0.15) is 0 Å². The van der Waals surface area contributed by atoms with Gasteiger partial charge in [0.1, 0.15) is 30.4 Å². The van der Waals surface area contributed by atoms with E-state index in [0.717, 1.165) is 18.9 Å². The number of aromatic nitrogens is 2. The molecule has 7 nitrogen and oxygen atoms in total. The van der Waals surface area contributed by atoms with E-state index in [1.54, 1.807) is 26.0 Å². The van der Waals surface area contributed by atoms with Crippen molar-refractivity contribution < 1.29 is 27.3 Å². The Hall–Kier alpha value is -3.13. The molecule has 208 valence electrons. The predicted octanol–water partition coefficient (Wildman–Crippen LogP) is 5.61. The van der Waals surface area contributed by atoms with Gasteiger partial charge in [-0.25, -0.2) is 23.1 Å². The monoisotopic (exact) mass is 560 g/mol. The van der Waals surface area contributed by atoms with E-state index in [1.807, 2.05) is 4.90 Å². The van der Waals surface area contributed by atoms with E-state index in [9.17, 15) is 18.1 Å². The lowest BCUT2D eigenvalue weighted by Gasteiger charge is -2.33. The zero-order valence-electron chi connectivity index (χ0n) is 22.4. The van der Waals surface area contributed by atoms with Gasteiger partial charge in [-0.05, 0) is 32.8 Å². The van der Waals surface area contributed by atoms with Gasteiger partial charge in [0.2, 0.25) is 5.91 Å². The van der Waals surface area contributed by atoms with Crippen LogP contribution in [0, 0.1) is 18.7 Å². The first-order valence-electron chi connectivity index (χ1n) is 13.1. The molecule has 39 heavy (non-hydrogen) atoms. The molecule has 1 saturated carbocycles. The molecular formula is C28H32F3N4O3P. The number of rotatable bonds is 7. The van der Waals surface area contributed by atoms with Crippen molar-refractivity contribution in [3.05, 3.63) is 53.1 Å². The number of ether oxygens (including phenoxy) is 1. The van der Waals surface area contributed by atoms with Gasteiger partial charge in [0.25, 0.3) is 5.92 Å². The highest BCUT2D eigenvalue weighted by molar-refractivity contribution is 7.72. The predicted molar refractivity (Wildman–Crippen MR) is 145 cm³/mol. The molecule has 1 saturated heterocycles. The summed E-state index contributed by atoms with van der Waals surface area (Å²) >= 11 is 0. The van der Waals surface area contributed by atoms with Crippen LogP contribution in [0.1, 0.15) is 49.7 Å². The summed E-state index contributed by atoms with van der Waals surface area (Å²) < 4.78 is 62.8. The molecule has 1 aliphatic carbocycles. The third-order valence-electron chi connectivity index (χ3n) is 7.57. The van der Waals surface area contributed by atoms with Gasteiger partial charge in [-0.15, -0.1) is 0 Å². The first-order valence-corrected chi connectivity index (χ1v) is 15.2. The van der Waals surface area contributed by atoms with Crippen LogP contribution in [0.25, 0.3) is 10.9 Å². The van der Waals surface area contributed by atoms with E-state index >= 15 is 4.39 Å². The number of nitrogens with one attached hydrogen (secondary N) is 1. The lowest BCUT2D eigenvalue weighted by atomic mass is 10.0. The molecule has 1 aliphatic heterocycles. The van der Waals surface area contributed by atoms with E-state index in [0.29, 0.717) is 65.9 Å². The highest BCUT2D eigenvalue weighted by Gasteiger charge is 2.39. The number of carbonyl (C=O) groups is 1. The summed E-state index contributed by atoms with van der Waals surface area (Å²) in [5.74, 6) is -2.77. The number of amides is 1. The molecule has 2 aliphatic rings. The van der Waals surface area contributed by atoms with Gasteiger partial charge in [0.05, 0.1) is 29.5 Å². The van der Waals surface area contributed by atoms with Gasteiger partial charge in [0.15, 0.2) is 0 Å². The minimum atomic E-state index is -3.32. The van der Waals surface area contributed by atoms with Crippen LogP contribution >= 0.6 is 7.14 Å². The Labute approximate surface area is 225 Å². The molecule has 2 heterocycles. The van der Waals surface area contributed by atoms with Gasteiger partial charge in [-0.3, -0.25) is 4.79 Å². The maximum atomic E-state index is 15.1. The van der Waals surface area contributed by atoms with Crippen LogP contribution in [0.4, 0.5) is 19.0 Å². The summed E-state index contributed by atoms with van der Waals surface area (Å²) in [4.78, 5) is 23.4. The number of benzene rings is 2. The van der Waals surface area contributed by atoms with Crippen LogP contribution in [0.15, 0.2) is 30.3 Å². The van der Waals surface area contributed by atoms with Crippen LogP contribution in [-0.2, 0) is 15.3 Å². The molecule has 0 unspecified atom stereocenters. The lowest BCUT2D eigenvalue weighted by Crippen LogP contribution is -2.42. The Morgan fingerprint density at radius 1 is 1.21 bits per heavy atom. The van der Waals surface area contributed by atoms with Crippen molar-refractivity contribution in [2.24, 2.45) is 5.92 Å². The van der Waals surface area contributed by atoms with Crippen LogP contribution in [0.3, 0.4) is 0 Å². The molecular weight excluding hydrogens is 528 g/mol. The molecule has 1 aromatic heterocycles. The molecule has 0 radical (unpaired) electrons. The minimum Gasteiger partial charge on any atom is -0.496 e. The number of anilines is 1. The number of hydrogen-bond acceptors (Lipinski definition) is 6. The average molecular weight is 561 g/mol. The van der Waals surface area contributed by atoms with E-state index in [1.165, 1.54) is 19.2 Å². The van der Waals surface area contributed by atoms with Gasteiger partial charge >= 0.3 is 0 Å². The molecule has 0 spiro atoms. The molecule has 0 bridgehead atoms. The number of fused-ring (bicyclic) bond motifs is 1. The zero-order valence-corrected chi connectivity index (χ0v) is 23.3. The fourth-order valence-electron chi connectivity index (χ4n) is 5.20. The maximum Gasteiger partial charge on any atom is 0.273 e. The Kier molecular flexibility index (Phi) is 7.12. The number of alkyl halides is 2. The molecule has 1 atom stereocenters. The number of methoxy groups -OCH3 is 1. The second kappa shape index (κ2) is 10.1. The van der Waals surface area contributed by atoms with Crippen LogP contribution in [-0.4, -0.2) is 53.3 Å². The summed E-state index contributed by atoms with van der Waals surface area (Å²) in [6, 6.07) is 6.71. The molecule has 5 rings (SSSR count). The normalized spacial score (nSPS) is 18.2. The molecule has 2 fully saturated rings. The Morgan fingerprint density at radius 2 is 1.90 bits per heavy atom. The van der Waals surface area contributed by atoms with Crippen LogP contribution in [0.5, 0.6) is 5.75 Å². The summed E-state index contributed by atoms with van der Waals surface area (Å²) in [5.41, 5.74) is -0.0528. The van der Waals surface area contributed by atoms with E-state index < -0.39 is 30.5 Å². The fourth-order valence-corrected chi connectivity index (χ4v) is 7.95. The van der Waals surface area contributed by atoms with Crippen molar-refractivity contribution in [2.75, 3.05) is 37.8 Å². The zero-order chi connectivity index (χ0) is 28.1. The molecule has 1 N–H and O–H groups in total. The van der Waals surface area contributed by atoms with Gasteiger partial charge in [0, 0.05) is 55.3 Å². The van der Waals surface area contributed by atoms with Crippen LogP contribution in [0.2, 0.25) is 0 Å². The summed E-state index contributed by atoms with van der Waals surface area (Å²) in [7, 11) is -1.40. The Balaban J connectivity index is 1.50. The highest BCUT2D eigenvalue weighted by Crippen LogP contribution is 2.50. The Morgan fingerprint density at radius 3 is 2.51 bits per heavy atom. The smallest absolute Gasteiger partial charge is 0.273 e. The lowest BCUT2D eigenvalue weighted by molar-refractivity contribution is -0.132. The standard InChI is InChI=1S/C28H32F3N4O3P/c1-16(19-6-5-7-21(25(19)29)28(3,30)31)32-26-20-14-24(23(38-4)15-22(20)33-17(2)34-26)39(37)12-10-35(11-13-39)27(36)18-8-9-18/h5-7,14-16,18H,8-13H2,1-4H3,(H,32,33,34)/t16-/m1/s1. The first kappa shape index (κ1) is 27.4. The van der Waals surface area contributed by atoms with Crippen LogP contribution < -0.4 is 15.4 Å². The third-order valence-corrected chi connectivity index (χ3v) is 10.6. The van der Waals surface area contributed by atoms with Gasteiger partial charge < -0.3 is 19.5 Å². The number of nitrogens with zero attached hydrogens (tertiary/aromatic N) is 3. The van der Waals surface area contributed by atoms with Crippen molar-refractivity contribution in [3.8, 4) is 5.75 Å². The number of hydrogen-bond donors (Lipinski definition) is 1. The second-order valence-electron chi connectivity index (χ2n) is 10.6. The van der Waals surface area contributed by atoms with Gasteiger partial charge in [-0.1, -0.05) is 18.2 Å². The third kappa shape index (κ3) is 5.36. The molecule has 2 aromatic carbocycles. The van der Waals surface area contributed by atoms with E-state index in [2.05, 4.69) is 15.3 Å². The first-order chi connectivity index (χ1) is 18.4. The fraction of sp³-hybridized carbons (Fsp3) is 0.464. The van der Waals surface area contributed by atoms with Crippen molar-refractivity contribution >= 4 is 35.1 Å². The largest absolute Gasteiger partial charge is 0.496 e. The Bertz CT molecular complexity index is 1480. The quantitative estimate of drug-likeness (QED) is 0.378. The highest BCUT2D eigenvalue weighted by atomic mass is 31.2. The summed E-state index contributed by atoms with van der Waals surface area (Å²) in [5, 5.41) is 4.28. The van der Waals surface area contributed by atoms with Crippen molar-refractivity contribution in [3.63, 3.8) is 0 Å². The molecule has 3 aromatic rings. The summed E-state index contributed by atoms with van der Waals surface area (Å²) in [6.45, 7) is 4.90. The van der Waals surface area contributed by atoms with E-state index in [4.69, 9.17) is 4.74 Å². The number of aryl methyl sites for hydroxylation is 1. The summed E-state index contributed by atoms with van der Waals surface area (Å²) in [6.07, 6.45) is 2.55. The molecule has 11 heteroatoms. The maximum absolute atomic E-state index is 15.1. The topological polar surface area (TPSA) is 84.4 Å². The van der Waals surface area contributed by atoms with E-state index in [-0.39, 0.29) is 17.4 Å². The number of carbonyl (C=O) groups excluding carboxylic acids is 1. The SMILES string of the molecule is COc1cc2nc(C)nc(N[C@H](C)c3cccc(C(C)(F)F)c3F)c2cc1P1(=O)CCN(C(=O)C2CC2)CC1. The minimum absolute atomic E-state index is 0.0765. The van der Waals surface area contributed by atoms with Crippen molar-refractivity contribution in [2.45, 2.75) is 45.6 Å². The van der Waals surface area contributed by atoms with Crippen molar-refractivity contribution in [1.29, 1.82) is 0 Å². The average Bonchev–Trinajstić information content (AvgIpc) is 3.73.